The Hall–Kier alpha value is -0.260. The molecule has 0 saturated carbocycles. The topological polar surface area (TPSA) is 0 Å². The zero-order valence-electron chi connectivity index (χ0n) is 7.11. The van der Waals surface area contributed by atoms with E-state index in [-0.39, 0.29) is 0 Å². The van der Waals surface area contributed by atoms with Crippen molar-refractivity contribution in [1.29, 1.82) is 0 Å². The predicted molar refractivity (Wildman–Crippen MR) is 44.7 cm³/mol. The molecule has 0 heteroatoms. The molecule has 10 heavy (non-hydrogen) atoms. The fourth-order valence-electron chi connectivity index (χ4n) is 1.48. The highest BCUT2D eigenvalue weighted by atomic mass is 14.1. The Kier molecular flexibility index (Phi) is 2.98. The highest BCUT2D eigenvalue weighted by Gasteiger charge is 2.04. The molecule has 0 aromatic heterocycles. The third kappa shape index (κ3) is 2.55. The van der Waals surface area contributed by atoms with Gasteiger partial charge in [-0.05, 0) is 44.1 Å². The van der Waals surface area contributed by atoms with Crippen molar-refractivity contribution in [2.24, 2.45) is 5.92 Å². The number of rotatable bonds is 2. The molecular formula is C10H17. The minimum Gasteiger partial charge on any atom is -0.0665 e. The first-order valence-electron chi connectivity index (χ1n) is 4.37. The molecule has 1 aliphatic rings. The van der Waals surface area contributed by atoms with Crippen LogP contribution >= 0.6 is 0 Å². The summed E-state index contributed by atoms with van der Waals surface area (Å²) in [6.07, 6.45) is 10.0. The van der Waals surface area contributed by atoms with Crippen molar-refractivity contribution in [3.05, 3.63) is 11.6 Å². The minimum atomic E-state index is 0.820. The van der Waals surface area contributed by atoms with Crippen molar-refractivity contribution in [1.82, 2.24) is 0 Å². The van der Waals surface area contributed by atoms with Crippen LogP contribution in [-0.2, 0) is 0 Å². The third-order valence-electron chi connectivity index (χ3n) is 1.93. The molecule has 0 aliphatic heterocycles. The molecule has 0 nitrogen and oxygen atoms in total. The van der Waals surface area contributed by atoms with Gasteiger partial charge >= 0.3 is 0 Å². The molecule has 0 aromatic carbocycles. The number of hydrogen-bond acceptors (Lipinski definition) is 0. The SMILES string of the molecule is CC(C)CC1=[C]CCCC1. The van der Waals surface area contributed by atoms with Crippen molar-refractivity contribution < 1.29 is 0 Å². The summed E-state index contributed by atoms with van der Waals surface area (Å²) < 4.78 is 0. The van der Waals surface area contributed by atoms with E-state index in [1.54, 1.807) is 5.57 Å². The first kappa shape index (κ1) is 7.84. The van der Waals surface area contributed by atoms with Gasteiger partial charge in [0.1, 0.15) is 0 Å². The lowest BCUT2D eigenvalue weighted by molar-refractivity contribution is 0.583. The summed E-state index contributed by atoms with van der Waals surface area (Å²) in [7, 11) is 0. The lowest BCUT2D eigenvalue weighted by Crippen LogP contribution is -1.96. The van der Waals surface area contributed by atoms with Gasteiger partial charge in [0.25, 0.3) is 0 Å². The Labute approximate surface area is 64.3 Å². The van der Waals surface area contributed by atoms with E-state index < -0.39 is 0 Å². The standard InChI is InChI=1S/C10H17/c1-9(2)8-10-6-4-3-5-7-10/h9H,3-6,8H2,1-2H3. The van der Waals surface area contributed by atoms with Crippen molar-refractivity contribution in [2.75, 3.05) is 0 Å². The Morgan fingerprint density at radius 1 is 1.40 bits per heavy atom. The van der Waals surface area contributed by atoms with E-state index in [1.165, 1.54) is 32.1 Å². The van der Waals surface area contributed by atoms with E-state index in [0.717, 1.165) is 5.92 Å². The van der Waals surface area contributed by atoms with Crippen LogP contribution in [0.4, 0.5) is 0 Å². The van der Waals surface area contributed by atoms with Gasteiger partial charge in [-0.2, -0.15) is 0 Å². The molecule has 1 aliphatic carbocycles. The van der Waals surface area contributed by atoms with Crippen molar-refractivity contribution in [3.63, 3.8) is 0 Å². The molecule has 0 saturated heterocycles. The molecule has 0 atom stereocenters. The average molecular weight is 137 g/mol. The van der Waals surface area contributed by atoms with Gasteiger partial charge in [0, 0.05) is 0 Å². The third-order valence-corrected chi connectivity index (χ3v) is 1.93. The lowest BCUT2D eigenvalue weighted by atomic mass is 9.93. The van der Waals surface area contributed by atoms with E-state index in [9.17, 15) is 0 Å². The molecule has 0 bridgehead atoms. The van der Waals surface area contributed by atoms with Crippen LogP contribution in [0.15, 0.2) is 5.57 Å². The van der Waals surface area contributed by atoms with E-state index in [0.29, 0.717) is 0 Å². The van der Waals surface area contributed by atoms with Gasteiger partial charge in [0.05, 0.1) is 0 Å². The van der Waals surface area contributed by atoms with Crippen LogP contribution < -0.4 is 0 Å². The maximum Gasteiger partial charge on any atom is -0.0276 e. The highest BCUT2D eigenvalue weighted by molar-refractivity contribution is 5.00. The maximum atomic E-state index is 3.47. The number of hydrogen-bond donors (Lipinski definition) is 0. The van der Waals surface area contributed by atoms with Gasteiger partial charge in [-0.1, -0.05) is 19.4 Å². The average Bonchev–Trinajstić information content (AvgIpc) is 1.88. The smallest absolute Gasteiger partial charge is 0.0276 e. The summed E-state index contributed by atoms with van der Waals surface area (Å²) in [5.41, 5.74) is 1.58. The Morgan fingerprint density at radius 3 is 2.70 bits per heavy atom. The molecule has 1 radical (unpaired) electrons. The van der Waals surface area contributed by atoms with Gasteiger partial charge < -0.3 is 0 Å². The van der Waals surface area contributed by atoms with E-state index in [4.69, 9.17) is 0 Å². The molecule has 0 unspecified atom stereocenters. The van der Waals surface area contributed by atoms with Crippen LogP contribution in [0, 0.1) is 12.0 Å². The van der Waals surface area contributed by atoms with Gasteiger partial charge in [-0.25, -0.2) is 0 Å². The summed E-state index contributed by atoms with van der Waals surface area (Å²) in [6, 6.07) is 0. The second kappa shape index (κ2) is 3.80. The molecule has 0 spiro atoms. The van der Waals surface area contributed by atoms with Gasteiger partial charge in [0.2, 0.25) is 0 Å². The second-order valence-electron chi connectivity index (χ2n) is 3.59. The Bertz CT molecular complexity index is 120. The Morgan fingerprint density at radius 2 is 2.20 bits per heavy atom. The first-order valence-corrected chi connectivity index (χ1v) is 4.37. The summed E-state index contributed by atoms with van der Waals surface area (Å²) in [5, 5.41) is 0. The molecule has 1 rings (SSSR count). The van der Waals surface area contributed by atoms with Crippen molar-refractivity contribution in [2.45, 2.75) is 46.0 Å². The van der Waals surface area contributed by atoms with E-state index in [1.807, 2.05) is 0 Å². The fourth-order valence-corrected chi connectivity index (χ4v) is 1.48. The fraction of sp³-hybridized carbons (Fsp3) is 0.800. The predicted octanol–water partition coefficient (Wildman–Crippen LogP) is 3.34. The zero-order chi connectivity index (χ0) is 7.40. The van der Waals surface area contributed by atoms with Crippen LogP contribution in [0.3, 0.4) is 0 Å². The minimum absolute atomic E-state index is 0.820. The van der Waals surface area contributed by atoms with Crippen LogP contribution in [0.2, 0.25) is 0 Å². The molecule has 0 fully saturated rings. The molecule has 0 aromatic rings. The molecule has 0 amide bonds. The largest absolute Gasteiger partial charge is 0.0665 e. The summed E-state index contributed by atoms with van der Waals surface area (Å²) in [4.78, 5) is 0. The summed E-state index contributed by atoms with van der Waals surface area (Å²) >= 11 is 0. The van der Waals surface area contributed by atoms with Crippen LogP contribution in [0.5, 0.6) is 0 Å². The van der Waals surface area contributed by atoms with Crippen molar-refractivity contribution in [3.8, 4) is 0 Å². The summed E-state index contributed by atoms with van der Waals surface area (Å²) in [6.45, 7) is 4.56. The highest BCUT2D eigenvalue weighted by Crippen LogP contribution is 2.22. The maximum absolute atomic E-state index is 3.47. The number of allylic oxidation sites excluding steroid dienone is 2. The van der Waals surface area contributed by atoms with Gasteiger partial charge in [-0.15, -0.1) is 0 Å². The molecule has 0 heterocycles. The quantitative estimate of drug-likeness (QED) is 0.547. The van der Waals surface area contributed by atoms with Gasteiger partial charge in [0.15, 0.2) is 0 Å². The molecular weight excluding hydrogens is 120 g/mol. The second-order valence-corrected chi connectivity index (χ2v) is 3.59. The first-order chi connectivity index (χ1) is 4.79. The van der Waals surface area contributed by atoms with Crippen LogP contribution in [0.1, 0.15) is 46.0 Å². The van der Waals surface area contributed by atoms with E-state index in [2.05, 4.69) is 19.9 Å². The zero-order valence-corrected chi connectivity index (χ0v) is 7.11. The molecule has 0 N–H and O–H groups in total. The molecule has 57 valence electrons. The van der Waals surface area contributed by atoms with E-state index >= 15 is 0 Å². The summed E-state index contributed by atoms with van der Waals surface area (Å²) in [5.74, 6) is 0.820. The normalized spacial score (nSPS) is 19.3. The van der Waals surface area contributed by atoms with Gasteiger partial charge in [-0.3, -0.25) is 0 Å². The monoisotopic (exact) mass is 137 g/mol. The van der Waals surface area contributed by atoms with Crippen molar-refractivity contribution >= 4 is 0 Å². The lowest BCUT2D eigenvalue weighted by Gasteiger charge is -2.13. The van der Waals surface area contributed by atoms with Crippen LogP contribution in [0.25, 0.3) is 0 Å². The Balaban J connectivity index is 2.31. The van der Waals surface area contributed by atoms with Crippen LogP contribution in [-0.4, -0.2) is 0 Å².